The number of ether oxygens (including phenoxy) is 1. The zero-order chi connectivity index (χ0) is 19.7. The lowest BCUT2D eigenvalue weighted by molar-refractivity contribution is -0.106. The van der Waals surface area contributed by atoms with Gasteiger partial charge in [-0.05, 0) is 30.7 Å². The van der Waals surface area contributed by atoms with E-state index in [0.717, 1.165) is 24.6 Å². The molecule has 0 amide bonds. The molecule has 2 fully saturated rings. The van der Waals surface area contributed by atoms with Gasteiger partial charge in [-0.1, -0.05) is 30.6 Å². The van der Waals surface area contributed by atoms with Crippen LogP contribution < -0.4 is 10.6 Å². The van der Waals surface area contributed by atoms with Crippen molar-refractivity contribution in [3.05, 3.63) is 35.2 Å². The predicted octanol–water partition coefficient (Wildman–Crippen LogP) is 2.91. The van der Waals surface area contributed by atoms with Crippen LogP contribution in [0.5, 0.6) is 0 Å². The first-order valence-electron chi connectivity index (χ1n) is 9.66. The molecule has 2 heterocycles. The van der Waals surface area contributed by atoms with E-state index in [4.69, 9.17) is 20.9 Å². The van der Waals surface area contributed by atoms with Crippen molar-refractivity contribution in [3.8, 4) is 11.4 Å². The van der Waals surface area contributed by atoms with Crippen molar-refractivity contribution in [2.45, 2.75) is 38.8 Å². The Hall–Kier alpha value is -2.12. The minimum absolute atomic E-state index is 0.110. The van der Waals surface area contributed by atoms with Crippen molar-refractivity contribution in [2.24, 2.45) is 16.3 Å². The molecular weight excluding hydrogens is 378 g/mol. The molecule has 3 unspecified atom stereocenters. The first-order chi connectivity index (χ1) is 13.5. The SMILES string of the molecule is CN=C(NCCc1nc(-c2ccc(Cl)cc2)no1)NC1C2CCOC2C1(C)C. The average Bonchev–Trinajstić information content (AvgIpc) is 3.33. The van der Waals surface area contributed by atoms with E-state index in [1.165, 1.54) is 0 Å². The highest BCUT2D eigenvalue weighted by Gasteiger charge is 2.59. The van der Waals surface area contributed by atoms with Gasteiger partial charge in [0.25, 0.3) is 0 Å². The number of nitrogens with zero attached hydrogens (tertiary/aromatic N) is 3. The summed E-state index contributed by atoms with van der Waals surface area (Å²) >= 11 is 5.92. The smallest absolute Gasteiger partial charge is 0.228 e. The Morgan fingerprint density at radius 3 is 2.86 bits per heavy atom. The first-order valence-corrected chi connectivity index (χ1v) is 10.0. The number of fused-ring (bicyclic) bond motifs is 1. The topological polar surface area (TPSA) is 84.6 Å². The second-order valence-corrected chi connectivity index (χ2v) is 8.39. The third-order valence-electron chi connectivity index (χ3n) is 5.82. The second-order valence-electron chi connectivity index (χ2n) is 7.95. The summed E-state index contributed by atoms with van der Waals surface area (Å²) in [7, 11) is 1.79. The molecule has 0 spiro atoms. The Morgan fingerprint density at radius 1 is 1.32 bits per heavy atom. The van der Waals surface area contributed by atoms with Gasteiger partial charge < -0.3 is 19.9 Å². The largest absolute Gasteiger partial charge is 0.377 e. The van der Waals surface area contributed by atoms with Gasteiger partial charge in [-0.3, -0.25) is 4.99 Å². The molecule has 4 rings (SSSR count). The summed E-state index contributed by atoms with van der Waals surface area (Å²) in [4.78, 5) is 8.81. The van der Waals surface area contributed by atoms with E-state index in [9.17, 15) is 0 Å². The molecule has 1 aromatic carbocycles. The highest BCUT2D eigenvalue weighted by atomic mass is 35.5. The van der Waals surface area contributed by atoms with Crippen LogP contribution in [0.4, 0.5) is 0 Å². The minimum atomic E-state index is 0.110. The molecule has 3 atom stereocenters. The summed E-state index contributed by atoms with van der Waals surface area (Å²) in [5, 5.41) is 11.6. The van der Waals surface area contributed by atoms with Crippen LogP contribution in [0, 0.1) is 11.3 Å². The fourth-order valence-electron chi connectivity index (χ4n) is 4.32. The normalized spacial score (nSPS) is 25.9. The van der Waals surface area contributed by atoms with Crippen molar-refractivity contribution in [1.29, 1.82) is 0 Å². The van der Waals surface area contributed by atoms with E-state index in [1.807, 2.05) is 24.3 Å². The molecule has 7 nitrogen and oxygen atoms in total. The zero-order valence-corrected chi connectivity index (χ0v) is 17.2. The Bertz CT molecular complexity index is 849. The number of benzene rings is 1. The number of nitrogens with one attached hydrogen (secondary N) is 2. The van der Waals surface area contributed by atoms with Gasteiger partial charge in [-0.2, -0.15) is 4.98 Å². The second kappa shape index (κ2) is 7.72. The summed E-state index contributed by atoms with van der Waals surface area (Å²) in [6.07, 6.45) is 2.08. The van der Waals surface area contributed by atoms with Crippen LogP contribution in [0.2, 0.25) is 5.02 Å². The van der Waals surface area contributed by atoms with E-state index in [1.54, 1.807) is 7.05 Å². The number of halogens is 1. The maximum Gasteiger partial charge on any atom is 0.228 e. The van der Waals surface area contributed by atoms with Crippen LogP contribution in [0.25, 0.3) is 11.4 Å². The number of aliphatic imine (C=N–C) groups is 1. The van der Waals surface area contributed by atoms with E-state index in [2.05, 4.69) is 39.6 Å². The molecule has 2 aliphatic rings. The molecule has 1 saturated carbocycles. The number of hydrogen-bond acceptors (Lipinski definition) is 5. The van der Waals surface area contributed by atoms with E-state index in [0.29, 0.717) is 47.8 Å². The van der Waals surface area contributed by atoms with Crippen molar-refractivity contribution >= 4 is 17.6 Å². The Labute approximate surface area is 169 Å². The van der Waals surface area contributed by atoms with E-state index >= 15 is 0 Å². The molecule has 1 aliphatic carbocycles. The van der Waals surface area contributed by atoms with Crippen molar-refractivity contribution < 1.29 is 9.26 Å². The predicted molar refractivity (Wildman–Crippen MR) is 108 cm³/mol. The van der Waals surface area contributed by atoms with E-state index < -0.39 is 0 Å². The van der Waals surface area contributed by atoms with Crippen LogP contribution in [0.1, 0.15) is 26.2 Å². The average molecular weight is 404 g/mol. The summed E-state index contributed by atoms with van der Waals surface area (Å²) in [6, 6.07) is 7.74. The molecule has 1 aliphatic heterocycles. The minimum Gasteiger partial charge on any atom is -0.377 e. The molecule has 1 aromatic heterocycles. The number of aromatic nitrogens is 2. The number of rotatable bonds is 5. The Morgan fingerprint density at radius 2 is 2.11 bits per heavy atom. The summed E-state index contributed by atoms with van der Waals surface area (Å²) in [5.74, 6) is 2.51. The summed E-state index contributed by atoms with van der Waals surface area (Å²) in [5.41, 5.74) is 0.990. The molecule has 28 heavy (non-hydrogen) atoms. The molecule has 2 N–H and O–H groups in total. The Balaban J connectivity index is 1.29. The molecule has 150 valence electrons. The Kier molecular flexibility index (Phi) is 5.29. The fourth-order valence-corrected chi connectivity index (χ4v) is 4.45. The zero-order valence-electron chi connectivity index (χ0n) is 16.4. The molecule has 8 heteroatoms. The van der Waals surface area contributed by atoms with Crippen LogP contribution in [-0.4, -0.2) is 48.4 Å². The standard InChI is InChI=1S/C20H26ClN5O2/c1-20(2)16(14-9-11-27-17(14)20)25-19(22-3)23-10-8-15-24-18(26-28-15)12-4-6-13(21)7-5-12/h4-7,14,16-17H,8-11H2,1-3H3,(H2,22,23,25). The van der Waals surface area contributed by atoms with E-state index in [-0.39, 0.29) is 5.41 Å². The highest BCUT2D eigenvalue weighted by molar-refractivity contribution is 6.30. The lowest BCUT2D eigenvalue weighted by Gasteiger charge is -2.54. The van der Waals surface area contributed by atoms with Gasteiger partial charge in [-0.15, -0.1) is 0 Å². The van der Waals surface area contributed by atoms with Crippen LogP contribution in [0.15, 0.2) is 33.8 Å². The molecular formula is C20H26ClN5O2. The molecule has 2 aromatic rings. The quantitative estimate of drug-likeness (QED) is 0.589. The number of hydrogen-bond donors (Lipinski definition) is 2. The third kappa shape index (κ3) is 3.61. The third-order valence-corrected chi connectivity index (χ3v) is 6.07. The van der Waals surface area contributed by atoms with Crippen molar-refractivity contribution in [2.75, 3.05) is 20.2 Å². The van der Waals surface area contributed by atoms with Crippen molar-refractivity contribution in [1.82, 2.24) is 20.8 Å². The van der Waals surface area contributed by atoms with Crippen LogP contribution in [-0.2, 0) is 11.2 Å². The van der Waals surface area contributed by atoms with Gasteiger partial charge in [0.05, 0.1) is 6.10 Å². The first kappa shape index (κ1) is 19.2. The lowest BCUT2D eigenvalue weighted by Crippen LogP contribution is -2.68. The van der Waals surface area contributed by atoms with Gasteiger partial charge in [-0.25, -0.2) is 0 Å². The summed E-state index contributed by atoms with van der Waals surface area (Å²) in [6.45, 7) is 6.01. The van der Waals surface area contributed by atoms with Crippen LogP contribution in [0.3, 0.4) is 0 Å². The van der Waals surface area contributed by atoms with Gasteiger partial charge in [0.1, 0.15) is 0 Å². The number of guanidine groups is 1. The lowest BCUT2D eigenvalue weighted by atomic mass is 9.57. The highest BCUT2D eigenvalue weighted by Crippen LogP contribution is 2.52. The summed E-state index contributed by atoms with van der Waals surface area (Å²) < 4.78 is 11.2. The molecule has 0 bridgehead atoms. The molecule has 1 saturated heterocycles. The van der Waals surface area contributed by atoms with Gasteiger partial charge in [0.2, 0.25) is 11.7 Å². The molecule has 0 radical (unpaired) electrons. The fraction of sp³-hybridized carbons (Fsp3) is 0.550. The maximum atomic E-state index is 5.92. The van der Waals surface area contributed by atoms with Crippen LogP contribution >= 0.6 is 11.6 Å². The maximum absolute atomic E-state index is 5.92. The van der Waals surface area contributed by atoms with Gasteiger partial charge in [0.15, 0.2) is 5.96 Å². The van der Waals surface area contributed by atoms with Crippen molar-refractivity contribution in [3.63, 3.8) is 0 Å². The van der Waals surface area contributed by atoms with Gasteiger partial charge in [0, 0.05) is 54.6 Å². The van der Waals surface area contributed by atoms with Gasteiger partial charge >= 0.3 is 0 Å². The monoisotopic (exact) mass is 403 g/mol.